The Balaban J connectivity index is 2.84. The lowest BCUT2D eigenvalue weighted by Crippen LogP contribution is -2.15. The van der Waals surface area contributed by atoms with Crippen LogP contribution in [-0.2, 0) is 12.0 Å². The molecule has 0 aliphatic rings. The zero-order valence-electron chi connectivity index (χ0n) is 13.1. The van der Waals surface area contributed by atoms with E-state index < -0.39 is 5.97 Å². The van der Waals surface area contributed by atoms with Gasteiger partial charge in [-0.1, -0.05) is 20.8 Å². The molecule has 1 aromatic carbocycles. The molecule has 118 valence electrons. The van der Waals surface area contributed by atoms with Crippen molar-refractivity contribution < 1.29 is 19.8 Å². The molecule has 22 heavy (non-hydrogen) atoms. The van der Waals surface area contributed by atoms with Crippen molar-refractivity contribution in [3.8, 4) is 0 Å². The highest BCUT2D eigenvalue weighted by molar-refractivity contribution is 6.03. The highest BCUT2D eigenvalue weighted by atomic mass is 16.4. The number of fused-ring (bicyclic) bond motifs is 1. The monoisotopic (exact) mass is 303 g/mol. The largest absolute Gasteiger partial charge is 0.478 e. The lowest BCUT2D eigenvalue weighted by atomic mass is 9.84. The Hall–Kier alpha value is -2.14. The van der Waals surface area contributed by atoms with Crippen LogP contribution in [0.25, 0.3) is 10.9 Å². The quantitative estimate of drug-likeness (QED) is 0.832. The predicted molar refractivity (Wildman–Crippen MR) is 84.7 cm³/mol. The van der Waals surface area contributed by atoms with E-state index in [1.807, 2.05) is 25.3 Å². The van der Waals surface area contributed by atoms with Crippen LogP contribution in [0.2, 0.25) is 0 Å². The SMILES string of the molecule is CC(C)(C)c1cc(C(=O)O)cc2c(C=O)cn(CCCO)c12. The number of carboxylic acids is 1. The molecule has 2 rings (SSSR count). The number of carbonyl (C=O) groups excluding carboxylic acids is 1. The molecule has 0 aliphatic heterocycles. The van der Waals surface area contributed by atoms with E-state index in [0.29, 0.717) is 23.9 Å². The van der Waals surface area contributed by atoms with Crippen LogP contribution in [-0.4, -0.2) is 33.6 Å². The molecule has 2 aromatic rings. The molecular weight excluding hydrogens is 282 g/mol. The van der Waals surface area contributed by atoms with Gasteiger partial charge in [-0.25, -0.2) is 4.79 Å². The lowest BCUT2D eigenvalue weighted by Gasteiger charge is -2.22. The molecule has 0 amide bonds. The summed E-state index contributed by atoms with van der Waals surface area (Å²) in [6.45, 7) is 6.68. The van der Waals surface area contributed by atoms with Gasteiger partial charge in [0.1, 0.15) is 0 Å². The summed E-state index contributed by atoms with van der Waals surface area (Å²) in [5.41, 5.74) is 2.14. The average molecular weight is 303 g/mol. The third-order valence-electron chi connectivity index (χ3n) is 3.74. The van der Waals surface area contributed by atoms with Gasteiger partial charge in [0.2, 0.25) is 0 Å². The van der Waals surface area contributed by atoms with E-state index in [0.717, 1.165) is 17.4 Å². The summed E-state index contributed by atoms with van der Waals surface area (Å²) >= 11 is 0. The van der Waals surface area contributed by atoms with Gasteiger partial charge in [0, 0.05) is 30.3 Å². The minimum atomic E-state index is -1.01. The van der Waals surface area contributed by atoms with Gasteiger partial charge in [0.05, 0.1) is 11.1 Å². The summed E-state index contributed by atoms with van der Waals surface area (Å²) in [6, 6.07) is 3.22. The van der Waals surface area contributed by atoms with Crippen molar-refractivity contribution >= 4 is 23.2 Å². The first-order valence-corrected chi connectivity index (χ1v) is 7.26. The molecule has 0 unspecified atom stereocenters. The average Bonchev–Trinajstić information content (AvgIpc) is 2.80. The zero-order chi connectivity index (χ0) is 16.5. The lowest BCUT2D eigenvalue weighted by molar-refractivity contribution is 0.0696. The fraction of sp³-hybridized carbons (Fsp3) is 0.412. The number of nitrogens with zero attached hydrogens (tertiary/aromatic N) is 1. The van der Waals surface area contributed by atoms with Gasteiger partial charge in [-0.05, 0) is 29.5 Å². The van der Waals surface area contributed by atoms with E-state index in [9.17, 15) is 14.7 Å². The van der Waals surface area contributed by atoms with Crippen LogP contribution in [0.3, 0.4) is 0 Å². The molecule has 5 heteroatoms. The number of aliphatic hydroxyl groups is 1. The Kier molecular flexibility index (Phi) is 4.37. The van der Waals surface area contributed by atoms with Gasteiger partial charge in [-0.15, -0.1) is 0 Å². The van der Waals surface area contributed by atoms with E-state index in [2.05, 4.69) is 0 Å². The predicted octanol–water partition coefficient (Wildman–Crippen LogP) is 2.83. The van der Waals surface area contributed by atoms with E-state index in [-0.39, 0.29) is 17.6 Å². The molecule has 0 bridgehead atoms. The number of benzene rings is 1. The van der Waals surface area contributed by atoms with Crippen molar-refractivity contribution in [3.05, 3.63) is 35.0 Å². The third-order valence-corrected chi connectivity index (χ3v) is 3.74. The van der Waals surface area contributed by atoms with Crippen molar-refractivity contribution in [2.45, 2.75) is 39.2 Å². The smallest absolute Gasteiger partial charge is 0.335 e. The normalized spacial score (nSPS) is 11.8. The maximum Gasteiger partial charge on any atom is 0.335 e. The fourth-order valence-electron chi connectivity index (χ4n) is 2.67. The number of aromatic nitrogens is 1. The molecular formula is C17H21NO4. The van der Waals surface area contributed by atoms with E-state index >= 15 is 0 Å². The molecule has 1 heterocycles. The van der Waals surface area contributed by atoms with Crippen molar-refractivity contribution in [1.29, 1.82) is 0 Å². The van der Waals surface area contributed by atoms with Crippen molar-refractivity contribution in [2.24, 2.45) is 0 Å². The summed E-state index contributed by atoms with van der Waals surface area (Å²) in [5.74, 6) is -1.01. The summed E-state index contributed by atoms with van der Waals surface area (Å²) in [7, 11) is 0. The molecule has 0 fully saturated rings. The van der Waals surface area contributed by atoms with Gasteiger partial charge >= 0.3 is 5.97 Å². The van der Waals surface area contributed by atoms with Crippen LogP contribution >= 0.6 is 0 Å². The van der Waals surface area contributed by atoms with Crippen LogP contribution < -0.4 is 0 Å². The van der Waals surface area contributed by atoms with Crippen LogP contribution in [0.1, 0.15) is 53.5 Å². The maximum absolute atomic E-state index is 11.4. The second-order valence-corrected chi connectivity index (χ2v) is 6.45. The standard InChI is InChI=1S/C17H21NO4/c1-17(2,3)14-8-11(16(21)22)7-13-12(10-20)9-18(15(13)14)5-4-6-19/h7-10,19H,4-6H2,1-3H3,(H,21,22). The van der Waals surface area contributed by atoms with Crippen LogP contribution in [0.4, 0.5) is 0 Å². The number of carboxylic acid groups (broad SMARTS) is 1. The van der Waals surface area contributed by atoms with E-state index in [1.165, 1.54) is 0 Å². The Bertz CT molecular complexity index is 722. The molecule has 0 atom stereocenters. The first kappa shape index (κ1) is 16.2. The number of rotatable bonds is 5. The van der Waals surface area contributed by atoms with Crippen LogP contribution in [0.5, 0.6) is 0 Å². The number of aryl methyl sites for hydroxylation is 1. The molecule has 5 nitrogen and oxygen atoms in total. The second kappa shape index (κ2) is 5.93. The van der Waals surface area contributed by atoms with E-state index in [1.54, 1.807) is 18.3 Å². The Morgan fingerprint density at radius 3 is 2.50 bits per heavy atom. The summed E-state index contributed by atoms with van der Waals surface area (Å²) in [4.78, 5) is 22.7. The Labute approximate surface area is 129 Å². The van der Waals surface area contributed by atoms with Crippen LogP contribution in [0.15, 0.2) is 18.3 Å². The van der Waals surface area contributed by atoms with Crippen molar-refractivity contribution in [3.63, 3.8) is 0 Å². The minimum Gasteiger partial charge on any atom is -0.478 e. The zero-order valence-corrected chi connectivity index (χ0v) is 13.1. The summed E-state index contributed by atoms with van der Waals surface area (Å²) in [6.07, 6.45) is 3.05. The molecule has 2 N–H and O–H groups in total. The number of aldehydes is 1. The van der Waals surface area contributed by atoms with Gasteiger partial charge < -0.3 is 14.8 Å². The van der Waals surface area contributed by atoms with Crippen LogP contribution in [0, 0.1) is 0 Å². The highest BCUT2D eigenvalue weighted by Gasteiger charge is 2.23. The minimum absolute atomic E-state index is 0.0636. The van der Waals surface area contributed by atoms with Gasteiger partial charge in [-0.2, -0.15) is 0 Å². The van der Waals surface area contributed by atoms with Gasteiger partial charge in [0.15, 0.2) is 6.29 Å². The van der Waals surface area contributed by atoms with Crippen molar-refractivity contribution in [1.82, 2.24) is 4.57 Å². The van der Waals surface area contributed by atoms with Crippen molar-refractivity contribution in [2.75, 3.05) is 6.61 Å². The summed E-state index contributed by atoms with van der Waals surface area (Å²) < 4.78 is 1.93. The highest BCUT2D eigenvalue weighted by Crippen LogP contribution is 2.34. The molecule has 1 aromatic heterocycles. The number of carbonyl (C=O) groups is 2. The molecule has 0 saturated heterocycles. The summed E-state index contributed by atoms with van der Waals surface area (Å²) in [5, 5.41) is 19.0. The molecule has 0 radical (unpaired) electrons. The van der Waals surface area contributed by atoms with E-state index in [4.69, 9.17) is 5.11 Å². The Morgan fingerprint density at radius 1 is 1.32 bits per heavy atom. The van der Waals surface area contributed by atoms with Gasteiger partial charge in [-0.3, -0.25) is 4.79 Å². The molecule has 0 saturated carbocycles. The second-order valence-electron chi connectivity index (χ2n) is 6.45. The number of aromatic carboxylic acids is 1. The fourth-order valence-corrected chi connectivity index (χ4v) is 2.67. The number of hydrogen-bond acceptors (Lipinski definition) is 3. The molecule has 0 aliphatic carbocycles. The maximum atomic E-state index is 11.4. The number of aliphatic hydroxyl groups excluding tert-OH is 1. The first-order valence-electron chi connectivity index (χ1n) is 7.26. The Morgan fingerprint density at radius 2 is 2.00 bits per heavy atom. The topological polar surface area (TPSA) is 79.5 Å². The third kappa shape index (κ3) is 2.90. The first-order chi connectivity index (χ1) is 10.3. The molecule has 0 spiro atoms. The number of hydrogen-bond donors (Lipinski definition) is 2. The van der Waals surface area contributed by atoms with Gasteiger partial charge in [0.25, 0.3) is 0 Å².